The van der Waals surface area contributed by atoms with Gasteiger partial charge in [0.2, 0.25) is 22.2 Å². The molecule has 2 aromatic rings. The first kappa shape index (κ1) is 24.3. The number of allylic oxidation sites excluding steroid dienone is 2. The Labute approximate surface area is 186 Å². The lowest BCUT2D eigenvalue weighted by Crippen LogP contribution is -2.36. The third-order valence-corrected chi connectivity index (χ3v) is 5.16. The molecule has 0 aliphatic carbocycles. The summed E-state index contributed by atoms with van der Waals surface area (Å²) < 4.78 is 19.4. The Bertz CT molecular complexity index is 883. The molecule has 0 saturated carbocycles. The highest BCUT2D eigenvalue weighted by atomic mass is 27.0. The van der Waals surface area contributed by atoms with Gasteiger partial charge in [-0.1, -0.05) is 20.3 Å². The molecule has 2 radical (unpaired) electrons. The van der Waals surface area contributed by atoms with E-state index >= 15 is 0 Å². The van der Waals surface area contributed by atoms with E-state index in [1.54, 1.807) is 12.1 Å². The maximum atomic E-state index is 14.4. The number of aromatic nitrogens is 2. The molecular formula is C22H30AlFN4O2. The summed E-state index contributed by atoms with van der Waals surface area (Å²) in [4.78, 5) is 21.9. The topological polar surface area (TPSA) is 81.3 Å². The number of carbonyl (C=O) groups is 1. The van der Waals surface area contributed by atoms with Crippen LogP contribution in [0.2, 0.25) is 0 Å². The maximum absolute atomic E-state index is 14.4. The quantitative estimate of drug-likeness (QED) is 0.563. The Kier molecular flexibility index (Phi) is 9.70. The van der Waals surface area contributed by atoms with Crippen LogP contribution in [0.5, 0.6) is 5.88 Å². The number of piperidine rings is 1. The van der Waals surface area contributed by atoms with Crippen LogP contribution in [-0.4, -0.2) is 62.5 Å². The van der Waals surface area contributed by atoms with E-state index < -0.39 is 0 Å². The lowest BCUT2D eigenvalue weighted by atomic mass is 9.93. The van der Waals surface area contributed by atoms with Gasteiger partial charge in [-0.05, 0) is 44.5 Å². The first-order chi connectivity index (χ1) is 14.4. The van der Waals surface area contributed by atoms with Crippen molar-refractivity contribution in [2.75, 3.05) is 26.7 Å². The number of hydrogen-bond donors (Lipinski definition) is 1. The third-order valence-electron chi connectivity index (χ3n) is 4.99. The van der Waals surface area contributed by atoms with Gasteiger partial charge in [-0.2, -0.15) is 0 Å². The van der Waals surface area contributed by atoms with Crippen LogP contribution in [0.3, 0.4) is 0 Å². The molecule has 0 amide bonds. The minimum absolute atomic E-state index is 0.0992. The lowest BCUT2D eigenvalue weighted by molar-refractivity contribution is -0.107. The largest absolute Gasteiger partial charge is 0.481 e. The monoisotopic (exact) mass is 428 g/mol. The summed E-state index contributed by atoms with van der Waals surface area (Å²) in [5.74, 6) is 0.335. The predicted molar refractivity (Wildman–Crippen MR) is 118 cm³/mol. The number of ether oxygens (including phenoxy) is 1. The van der Waals surface area contributed by atoms with Crippen LogP contribution in [0.1, 0.15) is 38.7 Å². The van der Waals surface area contributed by atoms with Gasteiger partial charge in [0.15, 0.2) is 0 Å². The van der Waals surface area contributed by atoms with Crippen molar-refractivity contribution in [2.24, 2.45) is 11.7 Å². The predicted octanol–water partition coefficient (Wildman–Crippen LogP) is 2.99. The van der Waals surface area contributed by atoms with Crippen molar-refractivity contribution in [3.8, 4) is 5.88 Å². The zero-order valence-electron chi connectivity index (χ0n) is 18.0. The minimum Gasteiger partial charge on any atom is -0.481 e. The van der Waals surface area contributed by atoms with Gasteiger partial charge in [0.05, 0.1) is 24.3 Å². The zero-order valence-corrected chi connectivity index (χ0v) is 19.2. The van der Waals surface area contributed by atoms with E-state index in [9.17, 15) is 9.18 Å². The highest BCUT2D eigenvalue weighted by Gasteiger charge is 2.21. The van der Waals surface area contributed by atoms with Crippen molar-refractivity contribution in [2.45, 2.75) is 39.5 Å². The average Bonchev–Trinajstić information content (AvgIpc) is 2.73. The second-order valence-electron chi connectivity index (χ2n) is 7.43. The van der Waals surface area contributed by atoms with Crippen molar-refractivity contribution in [1.29, 1.82) is 0 Å². The summed E-state index contributed by atoms with van der Waals surface area (Å²) in [7, 11) is 1.54. The standard InChI is InChI=1S/C19H22FN4O2.C3H8.Al/c1-26-18-3-2-17-19(23-18)14(15(20)12-22-17)6-10-24-8-4-13(5-9-24)16(21)7-11-25;1-3-2;/h2-3,7,12-13H,4-6,8-10,21H2,1H3;3H2,1-2H3;/b16-7-;;. The molecule has 1 fully saturated rings. The van der Waals surface area contributed by atoms with E-state index in [4.69, 9.17) is 10.5 Å². The highest BCUT2D eigenvalue weighted by molar-refractivity contribution is 6.60. The Hall–Kier alpha value is -2.01. The van der Waals surface area contributed by atoms with E-state index in [1.165, 1.54) is 25.8 Å². The van der Waals surface area contributed by atoms with E-state index in [0.717, 1.165) is 32.5 Å². The van der Waals surface area contributed by atoms with Crippen molar-refractivity contribution in [1.82, 2.24) is 14.9 Å². The fourth-order valence-corrected chi connectivity index (χ4v) is 3.66. The smallest absolute Gasteiger partial charge is 0.249 e. The van der Waals surface area contributed by atoms with Crippen LogP contribution in [0, 0.1) is 11.7 Å². The zero-order chi connectivity index (χ0) is 22.1. The first-order valence-corrected chi connectivity index (χ1v) is 10.9. The summed E-state index contributed by atoms with van der Waals surface area (Å²) in [6.07, 6.45) is 6.33. The van der Waals surface area contributed by atoms with Crippen molar-refractivity contribution >= 4 is 32.0 Å². The molecule has 3 heterocycles. The number of fused-ring (bicyclic) bond motifs is 1. The number of nitrogens with two attached hydrogens (primary N) is 1. The number of pyridine rings is 2. The van der Waals surface area contributed by atoms with Gasteiger partial charge in [0.25, 0.3) is 0 Å². The van der Waals surface area contributed by atoms with E-state index in [2.05, 4.69) is 45.0 Å². The molecule has 0 spiro atoms. The third kappa shape index (κ3) is 6.76. The first-order valence-electron chi connectivity index (χ1n) is 10.4. The summed E-state index contributed by atoms with van der Waals surface area (Å²) in [5, 5.41) is 0. The summed E-state index contributed by atoms with van der Waals surface area (Å²) in [5.41, 5.74) is 8.42. The molecule has 3 rings (SSSR count). The van der Waals surface area contributed by atoms with Crippen molar-refractivity contribution in [3.05, 3.63) is 41.5 Å². The van der Waals surface area contributed by atoms with Gasteiger partial charge in [-0.3, -0.25) is 4.98 Å². The second kappa shape index (κ2) is 12.0. The molecule has 2 N–H and O–H groups in total. The number of rotatable bonds is 6. The normalized spacial score (nSPS) is 15.5. The van der Waals surface area contributed by atoms with Gasteiger partial charge >= 0.3 is 0 Å². The Morgan fingerprint density at radius 3 is 2.63 bits per heavy atom. The Morgan fingerprint density at radius 2 is 2.03 bits per heavy atom. The lowest BCUT2D eigenvalue weighted by Gasteiger charge is -2.32. The van der Waals surface area contributed by atoms with Crippen LogP contribution in [0.15, 0.2) is 30.1 Å². The molecular weight excluding hydrogens is 398 g/mol. The SMILES string of the molecule is CCC.COc1ccc2ncc(F)c(CCN3CCC(/C(N)=C/[C](=O)[Al])CC3)c2n1. The van der Waals surface area contributed by atoms with Gasteiger partial charge in [-0.25, -0.2) is 9.37 Å². The van der Waals surface area contributed by atoms with Gasteiger partial charge in [0, 0.05) is 34.4 Å². The summed E-state index contributed by atoms with van der Waals surface area (Å²) in [6, 6.07) is 3.51. The van der Waals surface area contributed by atoms with Crippen LogP contribution in [-0.2, 0) is 11.2 Å². The number of halogens is 1. The van der Waals surface area contributed by atoms with E-state index in [-0.39, 0.29) is 16.4 Å². The van der Waals surface area contributed by atoms with Crippen molar-refractivity contribution in [3.63, 3.8) is 0 Å². The molecule has 2 aromatic heterocycles. The molecule has 1 aliphatic heterocycles. The van der Waals surface area contributed by atoms with E-state index in [0.29, 0.717) is 34.6 Å². The maximum Gasteiger partial charge on any atom is 0.249 e. The molecule has 30 heavy (non-hydrogen) atoms. The minimum atomic E-state index is -0.343. The Balaban J connectivity index is 0.00000101. The van der Waals surface area contributed by atoms with Crippen molar-refractivity contribution < 1.29 is 13.9 Å². The summed E-state index contributed by atoms with van der Waals surface area (Å²) in [6.45, 7) is 6.71. The molecule has 6 nitrogen and oxygen atoms in total. The number of hydrogen-bond acceptors (Lipinski definition) is 6. The average molecular weight is 428 g/mol. The fraction of sp³-hybridized carbons (Fsp3) is 0.500. The second-order valence-corrected chi connectivity index (χ2v) is 7.99. The molecule has 0 atom stereocenters. The number of likely N-dealkylation sites (tertiary alicyclic amines) is 1. The van der Waals surface area contributed by atoms with Gasteiger partial charge < -0.3 is 20.2 Å². The molecule has 1 aliphatic rings. The molecule has 8 heteroatoms. The molecule has 0 bridgehead atoms. The van der Waals surface area contributed by atoms with E-state index in [1.807, 2.05) is 0 Å². The molecule has 1 saturated heterocycles. The van der Waals surface area contributed by atoms with Crippen LogP contribution in [0.4, 0.5) is 4.39 Å². The van der Waals surface area contributed by atoms with Crippen LogP contribution in [0.25, 0.3) is 11.0 Å². The fourth-order valence-electron chi connectivity index (χ4n) is 3.47. The molecule has 160 valence electrons. The molecule has 0 aromatic carbocycles. The van der Waals surface area contributed by atoms with Gasteiger partial charge in [-0.15, -0.1) is 0 Å². The van der Waals surface area contributed by atoms with Crippen LogP contribution < -0.4 is 10.5 Å². The number of methoxy groups -OCH3 is 1. The number of nitrogens with zero attached hydrogens (tertiary/aromatic N) is 3. The molecule has 0 unspecified atom stereocenters. The highest BCUT2D eigenvalue weighted by Crippen LogP contribution is 2.24. The van der Waals surface area contributed by atoms with Crippen LogP contribution >= 0.6 is 0 Å². The Morgan fingerprint density at radius 1 is 1.37 bits per heavy atom. The van der Waals surface area contributed by atoms with Gasteiger partial charge in [0.1, 0.15) is 5.82 Å². The summed E-state index contributed by atoms with van der Waals surface area (Å²) >= 11 is 2.12. The number of carbonyl (C=O) groups excluding carboxylic acids is 1.